The average Bonchev–Trinajstić information content (AvgIpc) is 3.10. The van der Waals surface area contributed by atoms with E-state index in [0.717, 1.165) is 22.1 Å². The molecule has 2 aromatic rings. The van der Waals surface area contributed by atoms with Crippen LogP contribution in [0.4, 0.5) is 0 Å². The molecule has 0 fully saturated rings. The summed E-state index contributed by atoms with van der Waals surface area (Å²) in [5.74, 6) is 0.722. The van der Waals surface area contributed by atoms with Crippen molar-refractivity contribution in [2.45, 2.75) is 18.8 Å². The number of benzene rings is 1. The molecule has 1 aromatic carbocycles. The highest BCUT2D eigenvalue weighted by atomic mass is 32.2. The van der Waals surface area contributed by atoms with E-state index in [4.69, 9.17) is 0 Å². The van der Waals surface area contributed by atoms with E-state index in [1.807, 2.05) is 35.7 Å². The van der Waals surface area contributed by atoms with E-state index in [9.17, 15) is 10.1 Å². The summed E-state index contributed by atoms with van der Waals surface area (Å²) >= 11 is 3.16. The van der Waals surface area contributed by atoms with Gasteiger partial charge in [-0.1, -0.05) is 36.4 Å². The standard InChI is InChI=1S/C18H16N2OS2/c19-12-15-14(16-7-4-9-22-16)11-17(21)20-18(15)23-10-8-13-5-2-1-3-6-13/h1-7,9,14H,8,10-11H2,(H,20,21)/t14-/m1/s1. The number of rotatable bonds is 5. The quantitative estimate of drug-likeness (QED) is 0.893. The van der Waals surface area contributed by atoms with Crippen molar-refractivity contribution in [2.75, 3.05) is 5.75 Å². The van der Waals surface area contributed by atoms with Gasteiger partial charge in [0.05, 0.1) is 16.7 Å². The van der Waals surface area contributed by atoms with Gasteiger partial charge < -0.3 is 5.32 Å². The molecule has 1 aliphatic rings. The minimum atomic E-state index is -0.104. The lowest BCUT2D eigenvalue weighted by Gasteiger charge is -2.24. The number of carbonyl (C=O) groups is 1. The zero-order valence-corrected chi connectivity index (χ0v) is 14.1. The van der Waals surface area contributed by atoms with Crippen LogP contribution in [0.5, 0.6) is 0 Å². The SMILES string of the molecule is N#CC1=C(SCCc2ccccc2)NC(=O)C[C@H]1c1cccs1. The molecule has 3 nitrogen and oxygen atoms in total. The molecule has 1 atom stereocenters. The fourth-order valence-corrected chi connectivity index (χ4v) is 4.49. The van der Waals surface area contributed by atoms with Crippen LogP contribution in [-0.4, -0.2) is 11.7 Å². The lowest BCUT2D eigenvalue weighted by molar-refractivity contribution is -0.120. The molecule has 1 N–H and O–H groups in total. The summed E-state index contributed by atoms with van der Waals surface area (Å²) in [6.07, 6.45) is 1.26. The molecule has 5 heteroatoms. The average molecular weight is 340 g/mol. The summed E-state index contributed by atoms with van der Waals surface area (Å²) in [5, 5.41) is 15.2. The zero-order valence-electron chi connectivity index (χ0n) is 12.5. The Kier molecular flexibility index (Phi) is 5.16. The molecular formula is C18H16N2OS2. The van der Waals surface area contributed by atoms with Crippen molar-refractivity contribution in [3.63, 3.8) is 0 Å². The molecule has 1 amide bonds. The van der Waals surface area contributed by atoms with Crippen LogP contribution in [0.3, 0.4) is 0 Å². The van der Waals surface area contributed by atoms with Crippen LogP contribution < -0.4 is 5.32 Å². The lowest BCUT2D eigenvalue weighted by Crippen LogP contribution is -2.30. The third kappa shape index (κ3) is 3.84. The first-order valence-electron chi connectivity index (χ1n) is 7.42. The molecule has 0 saturated heterocycles. The molecule has 1 aromatic heterocycles. The van der Waals surface area contributed by atoms with Crippen molar-refractivity contribution in [3.8, 4) is 6.07 Å². The molecule has 0 aliphatic carbocycles. The van der Waals surface area contributed by atoms with Crippen LogP contribution in [0.25, 0.3) is 0 Å². The lowest BCUT2D eigenvalue weighted by atomic mass is 9.93. The predicted molar refractivity (Wildman–Crippen MR) is 95.1 cm³/mol. The molecular weight excluding hydrogens is 324 g/mol. The van der Waals surface area contributed by atoms with Crippen molar-refractivity contribution >= 4 is 29.0 Å². The Morgan fingerprint density at radius 1 is 1.26 bits per heavy atom. The van der Waals surface area contributed by atoms with Gasteiger partial charge in [-0.05, 0) is 23.4 Å². The van der Waals surface area contributed by atoms with Crippen LogP contribution in [0.2, 0.25) is 0 Å². The number of nitriles is 1. The first-order valence-corrected chi connectivity index (χ1v) is 9.28. The summed E-state index contributed by atoms with van der Waals surface area (Å²) in [7, 11) is 0. The number of hydrogen-bond acceptors (Lipinski definition) is 4. The Bertz CT molecular complexity index is 745. The second kappa shape index (κ2) is 7.49. The third-order valence-electron chi connectivity index (χ3n) is 3.72. The summed E-state index contributed by atoms with van der Waals surface area (Å²) in [6.45, 7) is 0. The summed E-state index contributed by atoms with van der Waals surface area (Å²) in [4.78, 5) is 13.1. The van der Waals surface area contributed by atoms with Crippen molar-refractivity contribution in [2.24, 2.45) is 0 Å². The Morgan fingerprint density at radius 3 is 2.78 bits per heavy atom. The van der Waals surface area contributed by atoms with Gasteiger partial charge in [-0.2, -0.15) is 5.26 Å². The number of hydrogen-bond donors (Lipinski definition) is 1. The van der Waals surface area contributed by atoms with Gasteiger partial charge in [0.25, 0.3) is 0 Å². The van der Waals surface area contributed by atoms with E-state index in [-0.39, 0.29) is 11.8 Å². The highest BCUT2D eigenvalue weighted by Crippen LogP contribution is 2.37. The maximum absolute atomic E-state index is 12.0. The molecule has 3 rings (SSSR count). The number of nitrogens with zero attached hydrogens (tertiary/aromatic N) is 1. The Morgan fingerprint density at radius 2 is 2.09 bits per heavy atom. The zero-order chi connectivity index (χ0) is 16.1. The predicted octanol–water partition coefficient (Wildman–Crippen LogP) is 4.06. The van der Waals surface area contributed by atoms with E-state index >= 15 is 0 Å². The van der Waals surface area contributed by atoms with Crippen LogP contribution in [0, 0.1) is 11.3 Å². The maximum atomic E-state index is 12.0. The summed E-state index contributed by atoms with van der Waals surface area (Å²) in [5.41, 5.74) is 1.95. The minimum Gasteiger partial charge on any atom is -0.320 e. The number of thioether (sulfide) groups is 1. The van der Waals surface area contributed by atoms with Gasteiger partial charge in [0.15, 0.2) is 0 Å². The number of thiophene rings is 1. The van der Waals surface area contributed by atoms with Gasteiger partial charge in [0, 0.05) is 23.0 Å². The van der Waals surface area contributed by atoms with E-state index in [0.29, 0.717) is 12.0 Å². The van der Waals surface area contributed by atoms with Gasteiger partial charge in [-0.25, -0.2) is 0 Å². The smallest absolute Gasteiger partial charge is 0.225 e. The van der Waals surface area contributed by atoms with E-state index < -0.39 is 0 Å². The number of aryl methyl sites for hydroxylation is 1. The molecule has 0 bridgehead atoms. The van der Waals surface area contributed by atoms with Crippen molar-refractivity contribution in [3.05, 3.63) is 68.9 Å². The molecule has 0 unspecified atom stereocenters. The Labute approximate surface area is 144 Å². The van der Waals surface area contributed by atoms with E-state index in [1.165, 1.54) is 5.56 Å². The second-order valence-corrected chi connectivity index (χ2v) is 7.34. The van der Waals surface area contributed by atoms with Gasteiger partial charge >= 0.3 is 0 Å². The van der Waals surface area contributed by atoms with Crippen molar-refractivity contribution in [1.29, 1.82) is 5.26 Å². The molecule has 1 aliphatic heterocycles. The van der Waals surface area contributed by atoms with Gasteiger partial charge in [-0.3, -0.25) is 4.79 Å². The first kappa shape index (κ1) is 15.9. The Hall–Kier alpha value is -2.03. The summed E-state index contributed by atoms with van der Waals surface area (Å²) in [6, 6.07) is 16.5. The maximum Gasteiger partial charge on any atom is 0.225 e. The van der Waals surface area contributed by atoms with Gasteiger partial charge in [0.1, 0.15) is 0 Å². The fourth-order valence-electron chi connectivity index (χ4n) is 2.58. The fraction of sp³-hybridized carbons (Fsp3) is 0.222. The van der Waals surface area contributed by atoms with Gasteiger partial charge in [-0.15, -0.1) is 23.1 Å². The van der Waals surface area contributed by atoms with Gasteiger partial charge in [0.2, 0.25) is 5.91 Å². The molecule has 2 heterocycles. The molecule has 23 heavy (non-hydrogen) atoms. The normalized spacial score (nSPS) is 17.7. The monoisotopic (exact) mass is 340 g/mol. The number of amides is 1. The highest BCUT2D eigenvalue weighted by Gasteiger charge is 2.29. The van der Waals surface area contributed by atoms with E-state index in [2.05, 4.69) is 23.5 Å². The van der Waals surface area contributed by atoms with Crippen LogP contribution >= 0.6 is 23.1 Å². The summed E-state index contributed by atoms with van der Waals surface area (Å²) < 4.78 is 0. The largest absolute Gasteiger partial charge is 0.320 e. The number of carbonyl (C=O) groups excluding carboxylic acids is 1. The van der Waals surface area contributed by atoms with E-state index in [1.54, 1.807) is 23.1 Å². The minimum absolute atomic E-state index is 0.00962. The topological polar surface area (TPSA) is 52.9 Å². The second-order valence-electron chi connectivity index (χ2n) is 5.26. The molecule has 0 saturated carbocycles. The molecule has 0 radical (unpaired) electrons. The van der Waals surface area contributed by atoms with Crippen LogP contribution in [0.15, 0.2) is 58.4 Å². The van der Waals surface area contributed by atoms with Crippen LogP contribution in [-0.2, 0) is 11.2 Å². The first-order chi connectivity index (χ1) is 11.3. The molecule has 116 valence electrons. The van der Waals surface area contributed by atoms with Crippen molar-refractivity contribution < 1.29 is 4.79 Å². The highest BCUT2D eigenvalue weighted by molar-refractivity contribution is 8.03. The van der Waals surface area contributed by atoms with Crippen molar-refractivity contribution in [1.82, 2.24) is 5.32 Å². The third-order valence-corrected chi connectivity index (χ3v) is 5.73. The molecule has 0 spiro atoms. The van der Waals surface area contributed by atoms with Crippen LogP contribution in [0.1, 0.15) is 22.8 Å². The number of allylic oxidation sites excluding steroid dienone is 1. The Balaban J connectivity index is 1.75. The number of nitrogens with one attached hydrogen (secondary N) is 1.